The lowest BCUT2D eigenvalue weighted by molar-refractivity contribution is -0.783. The van der Waals surface area contributed by atoms with Gasteiger partial charge in [-0.05, 0) is 0 Å². The van der Waals surface area contributed by atoms with E-state index in [-0.39, 0.29) is 11.8 Å². The first-order chi connectivity index (χ1) is 8.20. The van der Waals surface area contributed by atoms with Crippen molar-refractivity contribution in [3.05, 3.63) is 0 Å². The highest BCUT2D eigenvalue weighted by atomic mass is 32.2. The largest absolute Gasteiger partial charge is 0.354 e. The van der Waals surface area contributed by atoms with Gasteiger partial charge in [0, 0.05) is 18.8 Å². The molecule has 0 saturated carbocycles. The second-order valence-corrected chi connectivity index (χ2v) is 5.01. The van der Waals surface area contributed by atoms with Crippen molar-refractivity contribution in [2.45, 2.75) is 5.37 Å². The average molecular weight is 259 g/mol. The maximum Gasteiger partial charge on any atom is 0.272 e. The van der Waals surface area contributed by atoms with Gasteiger partial charge in [-0.25, -0.2) is 0 Å². The molecule has 7 nitrogen and oxygen atoms in total. The van der Waals surface area contributed by atoms with Crippen molar-refractivity contribution in [1.82, 2.24) is 16.0 Å². The number of rotatable bonds is 1. The van der Waals surface area contributed by atoms with Crippen molar-refractivity contribution in [3.8, 4) is 0 Å². The molecule has 2 heterocycles. The van der Waals surface area contributed by atoms with E-state index in [0.29, 0.717) is 19.6 Å². The smallest absolute Gasteiger partial charge is 0.272 e. The fourth-order valence-corrected chi connectivity index (χ4v) is 2.90. The topological polar surface area (TPSA) is 93.5 Å². The van der Waals surface area contributed by atoms with Crippen molar-refractivity contribution in [3.63, 3.8) is 0 Å². The molecule has 2 aliphatic rings. The Morgan fingerprint density at radius 3 is 2.53 bits per heavy atom. The number of carbonyl (C=O) groups excluding carboxylic acids is 2. The van der Waals surface area contributed by atoms with Gasteiger partial charge in [0.1, 0.15) is 0 Å². The summed E-state index contributed by atoms with van der Waals surface area (Å²) in [6, 6.07) is 0. The highest BCUT2D eigenvalue weighted by Gasteiger charge is 2.42. The van der Waals surface area contributed by atoms with Crippen LogP contribution in [0.15, 0.2) is 0 Å². The molecule has 0 aliphatic carbocycles. The molecule has 2 rings (SSSR count). The number of nitrogens with one attached hydrogen (secondary N) is 3. The van der Waals surface area contributed by atoms with Gasteiger partial charge in [-0.15, -0.1) is 11.8 Å². The van der Waals surface area contributed by atoms with Crippen LogP contribution in [0, 0.1) is 5.92 Å². The molecule has 1 unspecified atom stereocenters. The average Bonchev–Trinajstić information content (AvgIpc) is 2.59. The van der Waals surface area contributed by atoms with Gasteiger partial charge in [0.15, 0.2) is 5.92 Å². The van der Waals surface area contributed by atoms with Gasteiger partial charge in [-0.3, -0.25) is 14.9 Å². The van der Waals surface area contributed by atoms with Crippen molar-refractivity contribution in [2.24, 2.45) is 5.92 Å². The number of carbonyl (C=O) groups is 2. The van der Waals surface area contributed by atoms with Crippen LogP contribution in [-0.4, -0.2) is 58.9 Å². The maximum atomic E-state index is 11.8. The highest BCUT2D eigenvalue weighted by Crippen LogP contribution is 2.22. The third-order valence-electron chi connectivity index (χ3n) is 2.59. The molecule has 2 amide bonds. The molecular weight excluding hydrogens is 244 g/mol. The molecule has 8 heteroatoms. The molecule has 0 aromatic carbocycles. The monoisotopic (exact) mass is 259 g/mol. The Bertz CT molecular complexity index is 342. The summed E-state index contributed by atoms with van der Waals surface area (Å²) in [5.41, 5.74) is 0. The zero-order chi connectivity index (χ0) is 12.3. The molecule has 1 fully saturated rings. The predicted molar refractivity (Wildman–Crippen MR) is 61.9 cm³/mol. The van der Waals surface area contributed by atoms with Crippen LogP contribution in [0.25, 0.3) is 0 Å². The van der Waals surface area contributed by atoms with Crippen LogP contribution in [0.3, 0.4) is 0 Å². The summed E-state index contributed by atoms with van der Waals surface area (Å²) in [5.74, 6) is -0.864. The Morgan fingerprint density at radius 2 is 1.88 bits per heavy atom. The van der Waals surface area contributed by atoms with Crippen LogP contribution in [0.2, 0.25) is 0 Å². The lowest BCUT2D eigenvalue weighted by atomic mass is 10.1. The second-order valence-electron chi connectivity index (χ2n) is 3.78. The molecule has 1 saturated heterocycles. The number of hydroxylamine groups is 1. The van der Waals surface area contributed by atoms with Gasteiger partial charge < -0.3 is 15.8 Å². The molecular formula is C9H15N4O3S+. The van der Waals surface area contributed by atoms with Gasteiger partial charge in [-0.1, -0.05) is 4.74 Å². The van der Waals surface area contributed by atoms with E-state index >= 15 is 0 Å². The van der Waals surface area contributed by atoms with E-state index < -0.39 is 11.3 Å². The number of hydrogen-bond acceptors (Lipinski definition) is 5. The van der Waals surface area contributed by atoms with E-state index in [1.165, 1.54) is 18.1 Å². The quantitative estimate of drug-likeness (QED) is 0.247. The van der Waals surface area contributed by atoms with Crippen LogP contribution < -0.4 is 16.0 Å². The van der Waals surface area contributed by atoms with E-state index in [2.05, 4.69) is 16.0 Å². The van der Waals surface area contributed by atoms with Crippen LogP contribution in [0.4, 0.5) is 0 Å². The first-order valence-electron chi connectivity index (χ1n) is 5.41. The Morgan fingerprint density at radius 1 is 1.24 bits per heavy atom. The van der Waals surface area contributed by atoms with Gasteiger partial charge >= 0.3 is 0 Å². The summed E-state index contributed by atoms with van der Waals surface area (Å²) >= 11 is 1.38. The fourth-order valence-electron chi connectivity index (χ4n) is 1.76. The van der Waals surface area contributed by atoms with Gasteiger partial charge in [0.05, 0.1) is 6.54 Å². The van der Waals surface area contributed by atoms with E-state index in [9.17, 15) is 14.8 Å². The lowest BCUT2D eigenvalue weighted by Gasteiger charge is -2.18. The standard InChI is InChI=1S/C9H14N4O3S/c14-7-6(8(15)12-2-1-11-7)9-13(16)5-10-3-4-17-9/h5-6,9,16H,1-4H2,(H2,11,12,14,15)/p+1. The van der Waals surface area contributed by atoms with Crippen LogP contribution in [0.1, 0.15) is 0 Å². The molecule has 0 bridgehead atoms. The minimum Gasteiger partial charge on any atom is -0.354 e. The minimum atomic E-state index is -0.899. The summed E-state index contributed by atoms with van der Waals surface area (Å²) in [4.78, 5) is 23.6. The molecule has 1 atom stereocenters. The third-order valence-corrected chi connectivity index (χ3v) is 3.86. The van der Waals surface area contributed by atoms with E-state index in [4.69, 9.17) is 0 Å². The SMILES string of the molecule is O=C1NCCNC(=O)C1C1SCCNC=[N+]1O. The van der Waals surface area contributed by atoms with Crippen molar-refractivity contribution >= 4 is 29.9 Å². The number of hydrogen-bond donors (Lipinski definition) is 4. The maximum absolute atomic E-state index is 11.8. The van der Waals surface area contributed by atoms with E-state index in [0.717, 1.165) is 10.5 Å². The lowest BCUT2D eigenvalue weighted by Crippen LogP contribution is -2.46. The fraction of sp³-hybridized carbons (Fsp3) is 0.667. The Hall–Kier alpha value is -1.44. The molecule has 0 spiro atoms. The van der Waals surface area contributed by atoms with Crippen LogP contribution in [-0.2, 0) is 9.59 Å². The van der Waals surface area contributed by atoms with E-state index in [1.54, 1.807) is 0 Å². The summed E-state index contributed by atoms with van der Waals surface area (Å²) in [5, 5.41) is 17.4. The molecule has 0 aromatic heterocycles. The van der Waals surface area contributed by atoms with Gasteiger partial charge in [0.25, 0.3) is 6.34 Å². The highest BCUT2D eigenvalue weighted by molar-refractivity contribution is 7.99. The Labute approximate surface area is 103 Å². The van der Waals surface area contributed by atoms with Crippen molar-refractivity contribution in [1.29, 1.82) is 0 Å². The minimum absolute atomic E-state index is 0.341. The number of nitrogens with zero attached hydrogens (tertiary/aromatic N) is 1. The molecule has 2 aliphatic heterocycles. The zero-order valence-corrected chi connectivity index (χ0v) is 10.00. The molecule has 94 valence electrons. The van der Waals surface area contributed by atoms with Crippen LogP contribution >= 0.6 is 11.8 Å². The summed E-state index contributed by atoms with van der Waals surface area (Å²) in [7, 11) is 0. The Kier molecular flexibility index (Phi) is 3.72. The second kappa shape index (κ2) is 5.26. The van der Waals surface area contributed by atoms with Crippen LogP contribution in [0.5, 0.6) is 0 Å². The summed E-state index contributed by atoms with van der Waals surface area (Å²) in [6.45, 7) is 1.53. The normalized spacial score (nSPS) is 27.1. The zero-order valence-electron chi connectivity index (χ0n) is 9.18. The molecule has 4 N–H and O–H groups in total. The number of amides is 2. The molecule has 17 heavy (non-hydrogen) atoms. The van der Waals surface area contributed by atoms with Crippen molar-refractivity contribution < 1.29 is 19.5 Å². The van der Waals surface area contributed by atoms with Crippen molar-refractivity contribution in [2.75, 3.05) is 25.4 Å². The summed E-state index contributed by atoms with van der Waals surface area (Å²) < 4.78 is 0.896. The molecule has 0 aromatic rings. The first kappa shape index (κ1) is 12.0. The third kappa shape index (κ3) is 2.63. The summed E-state index contributed by atoms with van der Waals surface area (Å²) in [6.07, 6.45) is 1.39. The van der Waals surface area contributed by atoms with E-state index in [1.807, 2.05) is 0 Å². The predicted octanol–water partition coefficient (Wildman–Crippen LogP) is -2.06. The van der Waals surface area contributed by atoms with Gasteiger partial charge in [0.2, 0.25) is 17.2 Å². The van der Waals surface area contributed by atoms with Gasteiger partial charge in [-0.2, -0.15) is 0 Å². The molecule has 0 radical (unpaired) electrons. The number of thioether (sulfide) groups is 1. The first-order valence-corrected chi connectivity index (χ1v) is 6.46. The Balaban J connectivity index is 2.22.